The molecule has 0 aliphatic heterocycles. The van der Waals surface area contributed by atoms with Crippen LogP contribution in [0.3, 0.4) is 0 Å². The predicted octanol–water partition coefficient (Wildman–Crippen LogP) is 3.49. The van der Waals surface area contributed by atoms with Crippen LogP contribution in [-0.2, 0) is 0 Å². The molecule has 0 aliphatic rings. The van der Waals surface area contributed by atoms with Crippen LogP contribution in [0.5, 0.6) is 0 Å². The van der Waals surface area contributed by atoms with Crippen molar-refractivity contribution in [3.8, 4) is 0 Å². The second-order valence-corrected chi connectivity index (χ2v) is 2.63. The molecule has 1 unspecified atom stereocenters. The van der Waals surface area contributed by atoms with Gasteiger partial charge in [-0.3, -0.25) is 4.39 Å². The van der Waals surface area contributed by atoms with Gasteiger partial charge in [0.2, 0.25) is 0 Å². The number of halogens is 4. The first-order valence-corrected chi connectivity index (χ1v) is 3.76. The van der Waals surface area contributed by atoms with Gasteiger partial charge < -0.3 is 0 Å². The van der Waals surface area contributed by atoms with Gasteiger partial charge in [0.05, 0.1) is 12.6 Å². The van der Waals surface area contributed by atoms with Crippen molar-refractivity contribution in [1.29, 1.82) is 0 Å². The smallest absolute Gasteiger partial charge is 0.251 e. The van der Waals surface area contributed by atoms with Crippen LogP contribution in [0.25, 0.3) is 0 Å². The van der Waals surface area contributed by atoms with E-state index in [1.54, 1.807) is 0 Å². The number of rotatable bonds is 4. The molecule has 12 heavy (non-hydrogen) atoms. The molecule has 0 aromatic carbocycles. The molecule has 0 amide bonds. The molecule has 0 fully saturated rings. The van der Waals surface area contributed by atoms with Crippen LogP contribution in [0.2, 0.25) is 0 Å². The van der Waals surface area contributed by atoms with Gasteiger partial charge in [-0.25, -0.2) is 0 Å². The van der Waals surface area contributed by atoms with Crippen molar-refractivity contribution in [3.05, 3.63) is 12.2 Å². The number of allylic oxidation sites excluding steroid dienone is 2. The third kappa shape index (κ3) is 5.16. The first-order chi connectivity index (χ1) is 5.48. The van der Waals surface area contributed by atoms with Crippen molar-refractivity contribution in [1.82, 2.24) is 0 Å². The van der Waals surface area contributed by atoms with Crippen molar-refractivity contribution < 1.29 is 17.6 Å². The fourth-order valence-electron chi connectivity index (χ4n) is 0.615. The Hall–Kier alpha value is -0.540. The second-order valence-electron chi connectivity index (χ2n) is 2.63. The standard InChI is InChI=1S/C8H12F4/c1-7(8(10,11)12)5-3-2-4-6-9/h2-3,7H,4-6H2,1H3. The molecule has 0 saturated heterocycles. The average Bonchev–Trinajstić information content (AvgIpc) is 1.96. The van der Waals surface area contributed by atoms with Crippen molar-refractivity contribution in [2.24, 2.45) is 5.92 Å². The molecule has 0 N–H and O–H groups in total. The zero-order chi connectivity index (χ0) is 9.61. The van der Waals surface area contributed by atoms with Gasteiger partial charge in [0.1, 0.15) is 0 Å². The molecular weight excluding hydrogens is 172 g/mol. The molecular formula is C8H12F4. The first kappa shape index (κ1) is 11.5. The summed E-state index contributed by atoms with van der Waals surface area (Å²) in [6.45, 7) is 0.594. The Bertz CT molecular complexity index is 136. The molecule has 0 spiro atoms. The van der Waals surface area contributed by atoms with E-state index < -0.39 is 18.8 Å². The highest BCUT2D eigenvalue weighted by Gasteiger charge is 2.34. The zero-order valence-corrected chi connectivity index (χ0v) is 6.87. The van der Waals surface area contributed by atoms with E-state index in [0.717, 1.165) is 6.92 Å². The molecule has 0 saturated carbocycles. The van der Waals surface area contributed by atoms with E-state index in [4.69, 9.17) is 0 Å². The molecule has 0 radical (unpaired) electrons. The van der Waals surface area contributed by atoms with E-state index in [1.807, 2.05) is 0 Å². The third-order valence-electron chi connectivity index (χ3n) is 1.49. The van der Waals surface area contributed by atoms with E-state index in [0.29, 0.717) is 0 Å². The van der Waals surface area contributed by atoms with Crippen LogP contribution >= 0.6 is 0 Å². The Kier molecular flexibility index (Phi) is 4.93. The summed E-state index contributed by atoms with van der Waals surface area (Å²) in [5.74, 6) is -1.34. The fraction of sp³-hybridized carbons (Fsp3) is 0.750. The Morgan fingerprint density at radius 1 is 1.25 bits per heavy atom. The maximum absolute atomic E-state index is 11.9. The summed E-state index contributed by atoms with van der Waals surface area (Å²) < 4.78 is 47.0. The van der Waals surface area contributed by atoms with Gasteiger partial charge in [0, 0.05) is 0 Å². The molecule has 0 aliphatic carbocycles. The van der Waals surface area contributed by atoms with Crippen molar-refractivity contribution in [2.75, 3.05) is 6.67 Å². The Labute approximate surface area is 69.3 Å². The lowest BCUT2D eigenvalue weighted by atomic mass is 10.1. The largest absolute Gasteiger partial charge is 0.391 e. The quantitative estimate of drug-likeness (QED) is 0.463. The van der Waals surface area contributed by atoms with Crippen LogP contribution in [0, 0.1) is 5.92 Å². The lowest BCUT2D eigenvalue weighted by Crippen LogP contribution is -2.18. The maximum Gasteiger partial charge on any atom is 0.391 e. The number of hydrogen-bond donors (Lipinski definition) is 0. The minimum atomic E-state index is -4.14. The summed E-state index contributed by atoms with van der Waals surface area (Å²) in [5.41, 5.74) is 0. The summed E-state index contributed by atoms with van der Waals surface area (Å²) in [7, 11) is 0. The normalized spacial score (nSPS) is 15.4. The average molecular weight is 184 g/mol. The van der Waals surface area contributed by atoms with Crippen LogP contribution in [0.4, 0.5) is 17.6 Å². The number of hydrogen-bond acceptors (Lipinski definition) is 0. The second kappa shape index (κ2) is 5.17. The van der Waals surface area contributed by atoms with Crippen molar-refractivity contribution in [3.63, 3.8) is 0 Å². The lowest BCUT2D eigenvalue weighted by molar-refractivity contribution is -0.168. The molecule has 0 bridgehead atoms. The van der Waals surface area contributed by atoms with Gasteiger partial charge in [-0.1, -0.05) is 19.1 Å². The Morgan fingerprint density at radius 2 is 1.83 bits per heavy atom. The van der Waals surface area contributed by atoms with E-state index in [-0.39, 0.29) is 12.8 Å². The molecule has 0 heterocycles. The molecule has 72 valence electrons. The Morgan fingerprint density at radius 3 is 2.25 bits per heavy atom. The molecule has 0 aromatic rings. The van der Waals surface area contributed by atoms with Crippen LogP contribution < -0.4 is 0 Å². The van der Waals surface area contributed by atoms with Crippen molar-refractivity contribution >= 4 is 0 Å². The Balaban J connectivity index is 3.64. The summed E-state index contributed by atoms with van der Waals surface area (Å²) in [4.78, 5) is 0. The SMILES string of the molecule is CC(CC=CCCF)C(F)(F)F. The van der Waals surface area contributed by atoms with Gasteiger partial charge >= 0.3 is 6.18 Å². The molecule has 1 atom stereocenters. The van der Waals surface area contributed by atoms with E-state index >= 15 is 0 Å². The van der Waals surface area contributed by atoms with Crippen LogP contribution in [-0.4, -0.2) is 12.9 Å². The first-order valence-electron chi connectivity index (χ1n) is 3.76. The molecule has 4 heteroatoms. The summed E-state index contributed by atoms with van der Waals surface area (Å²) in [5, 5.41) is 0. The number of alkyl halides is 4. The lowest BCUT2D eigenvalue weighted by Gasteiger charge is -2.12. The monoisotopic (exact) mass is 184 g/mol. The minimum absolute atomic E-state index is 0.0660. The van der Waals surface area contributed by atoms with Crippen LogP contribution in [0.1, 0.15) is 19.8 Å². The van der Waals surface area contributed by atoms with Gasteiger partial charge in [-0.2, -0.15) is 13.2 Å². The third-order valence-corrected chi connectivity index (χ3v) is 1.49. The fourth-order valence-corrected chi connectivity index (χ4v) is 0.615. The zero-order valence-electron chi connectivity index (χ0n) is 6.87. The minimum Gasteiger partial charge on any atom is -0.251 e. The van der Waals surface area contributed by atoms with Crippen molar-refractivity contribution in [2.45, 2.75) is 25.9 Å². The highest BCUT2D eigenvalue weighted by atomic mass is 19.4. The van der Waals surface area contributed by atoms with Gasteiger partial charge in [0.25, 0.3) is 0 Å². The van der Waals surface area contributed by atoms with Gasteiger partial charge in [0.15, 0.2) is 0 Å². The van der Waals surface area contributed by atoms with E-state index in [2.05, 4.69) is 0 Å². The highest BCUT2D eigenvalue weighted by molar-refractivity contribution is 4.84. The van der Waals surface area contributed by atoms with E-state index in [1.165, 1.54) is 12.2 Å². The molecule has 0 nitrogen and oxygen atoms in total. The summed E-state index contributed by atoms with van der Waals surface area (Å²) in [6.07, 6.45) is -1.20. The van der Waals surface area contributed by atoms with Gasteiger partial charge in [-0.05, 0) is 12.8 Å². The highest BCUT2D eigenvalue weighted by Crippen LogP contribution is 2.28. The maximum atomic E-state index is 11.9. The predicted molar refractivity (Wildman–Crippen MR) is 39.6 cm³/mol. The topological polar surface area (TPSA) is 0 Å². The summed E-state index contributed by atoms with van der Waals surface area (Å²) >= 11 is 0. The van der Waals surface area contributed by atoms with Gasteiger partial charge in [-0.15, -0.1) is 0 Å². The van der Waals surface area contributed by atoms with Crippen LogP contribution in [0.15, 0.2) is 12.2 Å². The summed E-state index contributed by atoms with van der Waals surface area (Å²) in [6, 6.07) is 0. The molecule has 0 aromatic heterocycles. The van der Waals surface area contributed by atoms with E-state index in [9.17, 15) is 17.6 Å². The molecule has 0 rings (SSSR count).